The number of thiophene rings is 1. The van der Waals surface area contributed by atoms with Crippen molar-refractivity contribution in [3.63, 3.8) is 0 Å². The van der Waals surface area contributed by atoms with E-state index in [1.165, 1.54) is 17.4 Å². The van der Waals surface area contributed by atoms with E-state index < -0.39 is 18.5 Å². The Labute approximate surface area is 195 Å². The highest BCUT2D eigenvalue weighted by atomic mass is 32.1. The molecule has 0 radical (unpaired) electrons. The van der Waals surface area contributed by atoms with Gasteiger partial charge in [-0.05, 0) is 55.5 Å². The van der Waals surface area contributed by atoms with E-state index >= 15 is 0 Å². The molecule has 1 aliphatic rings. The number of fused-ring (bicyclic) bond motifs is 1. The lowest BCUT2D eigenvalue weighted by Crippen LogP contribution is -2.22. The monoisotopic (exact) mass is 459 g/mol. The fourth-order valence-electron chi connectivity index (χ4n) is 3.70. The minimum atomic E-state index is -0.736. The Morgan fingerprint density at radius 1 is 0.970 bits per heavy atom. The average Bonchev–Trinajstić information content (AvgIpc) is 3.20. The third kappa shape index (κ3) is 5.10. The number of para-hydroxylation sites is 1. The molecule has 4 rings (SSSR count). The Balaban J connectivity index is 1.40. The summed E-state index contributed by atoms with van der Waals surface area (Å²) in [5, 5.41) is 15.4. The van der Waals surface area contributed by atoms with Crippen LogP contribution in [0.4, 0.5) is 10.7 Å². The van der Waals surface area contributed by atoms with Crippen molar-refractivity contribution in [2.45, 2.75) is 25.7 Å². The summed E-state index contributed by atoms with van der Waals surface area (Å²) in [6, 6.07) is 17.2. The van der Waals surface area contributed by atoms with E-state index in [0.29, 0.717) is 16.1 Å². The van der Waals surface area contributed by atoms with Gasteiger partial charge in [0.15, 0.2) is 6.61 Å². The maximum atomic E-state index is 12.6. The van der Waals surface area contributed by atoms with Crippen LogP contribution in [0.2, 0.25) is 0 Å². The molecule has 2 aromatic carbocycles. The third-order valence-electron chi connectivity index (χ3n) is 5.30. The molecular formula is C25H21N3O4S. The van der Waals surface area contributed by atoms with Gasteiger partial charge in [-0.3, -0.25) is 9.59 Å². The number of ether oxygens (including phenoxy) is 1. The van der Waals surface area contributed by atoms with Gasteiger partial charge in [-0.25, -0.2) is 4.79 Å². The van der Waals surface area contributed by atoms with Crippen LogP contribution >= 0.6 is 11.3 Å². The highest BCUT2D eigenvalue weighted by molar-refractivity contribution is 7.16. The van der Waals surface area contributed by atoms with Crippen LogP contribution in [-0.2, 0) is 22.4 Å². The third-order valence-corrected chi connectivity index (χ3v) is 6.51. The number of nitrogens with one attached hydrogen (secondary N) is 2. The van der Waals surface area contributed by atoms with Crippen LogP contribution in [0.1, 0.15) is 49.6 Å². The molecular weight excluding hydrogens is 438 g/mol. The standard InChI is InChI=1S/C25H21N3O4S/c26-14-19-17-10-5-7-13-21(17)33-24(19)28-22(29)15-32-25(31)18-11-4-6-12-20(18)27-23(30)16-8-2-1-3-9-16/h1-4,6,8-9,11-12H,5,7,10,13,15H2,(H,27,30)(H,28,29). The number of rotatable bonds is 6. The number of hydrogen-bond donors (Lipinski definition) is 2. The first-order valence-corrected chi connectivity index (χ1v) is 11.4. The van der Waals surface area contributed by atoms with Crippen molar-refractivity contribution >= 4 is 39.8 Å². The first-order valence-electron chi connectivity index (χ1n) is 10.5. The number of amides is 2. The van der Waals surface area contributed by atoms with Gasteiger partial charge in [0, 0.05) is 10.4 Å². The van der Waals surface area contributed by atoms with Crippen molar-refractivity contribution in [1.82, 2.24) is 0 Å². The zero-order chi connectivity index (χ0) is 23.2. The molecule has 3 aromatic rings. The molecule has 0 aliphatic heterocycles. The van der Waals surface area contributed by atoms with Crippen LogP contribution in [0.3, 0.4) is 0 Å². The second kappa shape index (κ2) is 10.1. The lowest BCUT2D eigenvalue weighted by molar-refractivity contribution is -0.119. The first kappa shape index (κ1) is 22.2. The number of nitriles is 1. The molecule has 0 unspecified atom stereocenters. The fraction of sp³-hybridized carbons (Fsp3) is 0.200. The molecule has 8 heteroatoms. The highest BCUT2D eigenvalue weighted by Crippen LogP contribution is 2.37. The maximum Gasteiger partial charge on any atom is 0.340 e. The van der Waals surface area contributed by atoms with Crippen LogP contribution in [0.5, 0.6) is 0 Å². The van der Waals surface area contributed by atoms with E-state index in [1.807, 2.05) is 0 Å². The van der Waals surface area contributed by atoms with Gasteiger partial charge in [0.1, 0.15) is 11.1 Å². The minimum Gasteiger partial charge on any atom is -0.452 e. The maximum absolute atomic E-state index is 12.6. The molecule has 0 saturated heterocycles. The Morgan fingerprint density at radius 3 is 2.48 bits per heavy atom. The summed E-state index contributed by atoms with van der Waals surface area (Å²) in [4.78, 5) is 38.6. The molecule has 166 valence electrons. The van der Waals surface area contributed by atoms with Crippen molar-refractivity contribution in [3.05, 3.63) is 81.7 Å². The van der Waals surface area contributed by atoms with Crippen LogP contribution in [0, 0.1) is 11.3 Å². The molecule has 7 nitrogen and oxygen atoms in total. The Morgan fingerprint density at radius 2 is 1.70 bits per heavy atom. The first-order chi connectivity index (χ1) is 16.1. The largest absolute Gasteiger partial charge is 0.452 e. The van der Waals surface area contributed by atoms with E-state index in [1.54, 1.807) is 48.5 Å². The number of hydrogen-bond acceptors (Lipinski definition) is 6. The van der Waals surface area contributed by atoms with Crippen LogP contribution in [-0.4, -0.2) is 24.4 Å². The van der Waals surface area contributed by atoms with Gasteiger partial charge in [0.25, 0.3) is 11.8 Å². The van der Waals surface area contributed by atoms with Gasteiger partial charge in [0.05, 0.1) is 16.8 Å². The molecule has 0 spiro atoms. The summed E-state index contributed by atoms with van der Waals surface area (Å²) in [5.41, 5.74) is 2.40. The molecule has 1 heterocycles. The Bertz CT molecular complexity index is 1240. The molecule has 2 amide bonds. The number of anilines is 2. The Kier molecular flexibility index (Phi) is 6.81. The molecule has 0 saturated carbocycles. The van der Waals surface area contributed by atoms with Crippen molar-refractivity contribution in [1.29, 1.82) is 5.26 Å². The van der Waals surface area contributed by atoms with Gasteiger partial charge < -0.3 is 15.4 Å². The van der Waals surface area contributed by atoms with Gasteiger partial charge >= 0.3 is 5.97 Å². The van der Waals surface area contributed by atoms with Crippen LogP contribution in [0.25, 0.3) is 0 Å². The fourth-order valence-corrected chi connectivity index (χ4v) is 4.95. The van der Waals surface area contributed by atoms with Crippen LogP contribution < -0.4 is 10.6 Å². The topological polar surface area (TPSA) is 108 Å². The zero-order valence-corrected chi connectivity index (χ0v) is 18.5. The van der Waals surface area contributed by atoms with Gasteiger partial charge in [-0.2, -0.15) is 5.26 Å². The lowest BCUT2D eigenvalue weighted by atomic mass is 9.96. The van der Waals surface area contributed by atoms with Gasteiger partial charge in [-0.15, -0.1) is 11.3 Å². The van der Waals surface area contributed by atoms with E-state index in [9.17, 15) is 19.6 Å². The van der Waals surface area contributed by atoms with E-state index in [-0.39, 0.29) is 17.2 Å². The van der Waals surface area contributed by atoms with Crippen molar-refractivity contribution < 1.29 is 19.1 Å². The van der Waals surface area contributed by atoms with Crippen molar-refractivity contribution in [2.75, 3.05) is 17.2 Å². The molecule has 33 heavy (non-hydrogen) atoms. The minimum absolute atomic E-state index is 0.138. The predicted octanol–water partition coefficient (Wildman–Crippen LogP) is 4.55. The summed E-state index contributed by atoms with van der Waals surface area (Å²) in [5.74, 6) is -1.62. The van der Waals surface area contributed by atoms with Gasteiger partial charge in [0.2, 0.25) is 0 Å². The summed E-state index contributed by atoms with van der Waals surface area (Å²) in [6.45, 7) is -0.507. The average molecular weight is 460 g/mol. The number of carbonyl (C=O) groups excluding carboxylic acids is 3. The summed E-state index contributed by atoms with van der Waals surface area (Å²) < 4.78 is 5.19. The van der Waals surface area contributed by atoms with Gasteiger partial charge in [-0.1, -0.05) is 30.3 Å². The highest BCUT2D eigenvalue weighted by Gasteiger charge is 2.22. The Hall–Kier alpha value is -3.96. The SMILES string of the molecule is N#Cc1c(NC(=O)COC(=O)c2ccccc2NC(=O)c2ccccc2)sc2c1CCCC2. The smallest absolute Gasteiger partial charge is 0.340 e. The van der Waals surface area contributed by atoms with E-state index in [4.69, 9.17) is 4.74 Å². The molecule has 0 atom stereocenters. The number of nitrogens with zero attached hydrogens (tertiary/aromatic N) is 1. The lowest BCUT2D eigenvalue weighted by Gasteiger charge is -2.11. The number of carbonyl (C=O) groups is 3. The van der Waals surface area contributed by atoms with Crippen molar-refractivity contribution in [2.24, 2.45) is 0 Å². The summed E-state index contributed by atoms with van der Waals surface area (Å²) in [7, 11) is 0. The molecule has 2 N–H and O–H groups in total. The van der Waals surface area contributed by atoms with E-state index in [0.717, 1.165) is 36.1 Å². The molecule has 1 aromatic heterocycles. The number of esters is 1. The quantitative estimate of drug-likeness (QED) is 0.526. The summed E-state index contributed by atoms with van der Waals surface area (Å²) >= 11 is 1.41. The van der Waals surface area contributed by atoms with Crippen molar-refractivity contribution in [3.8, 4) is 6.07 Å². The number of benzene rings is 2. The normalized spacial score (nSPS) is 12.2. The number of aryl methyl sites for hydroxylation is 1. The summed E-state index contributed by atoms with van der Waals surface area (Å²) in [6.07, 6.45) is 3.85. The molecule has 1 aliphatic carbocycles. The van der Waals surface area contributed by atoms with E-state index in [2.05, 4.69) is 16.7 Å². The molecule has 0 fully saturated rings. The predicted molar refractivity (Wildman–Crippen MR) is 125 cm³/mol. The molecule has 0 bridgehead atoms. The second-order valence-electron chi connectivity index (χ2n) is 7.52. The zero-order valence-electron chi connectivity index (χ0n) is 17.7. The second-order valence-corrected chi connectivity index (χ2v) is 8.62. The van der Waals surface area contributed by atoms with Crippen LogP contribution in [0.15, 0.2) is 54.6 Å².